The molecule has 0 saturated heterocycles. The van der Waals surface area contributed by atoms with Crippen LogP contribution in [0.3, 0.4) is 0 Å². The molecule has 0 radical (unpaired) electrons. The van der Waals surface area contributed by atoms with E-state index in [0.29, 0.717) is 19.3 Å². The molecule has 0 aliphatic carbocycles. The number of hydrogen-bond donors (Lipinski definition) is 4. The zero-order valence-electron chi connectivity index (χ0n) is 38.1. The number of phosphoric acid groups is 1. The van der Waals surface area contributed by atoms with Crippen LogP contribution >= 0.6 is 7.82 Å². The number of carboxylic acid groups (broad SMARTS) is 1. The van der Waals surface area contributed by atoms with Crippen LogP contribution < -0.4 is 5.32 Å². The molecule has 0 fully saturated rings. The summed E-state index contributed by atoms with van der Waals surface area (Å²) >= 11 is 0. The summed E-state index contributed by atoms with van der Waals surface area (Å²) in [6, 6.07) is -1.58. The first-order valence-electron chi connectivity index (χ1n) is 23.3. The molecule has 0 aliphatic heterocycles. The minimum Gasteiger partial charge on any atom is -0.480 e. The summed E-state index contributed by atoms with van der Waals surface area (Å²) in [6.07, 6.45) is 55.8. The average Bonchev–Trinajstić information content (AvgIpc) is 3.25. The van der Waals surface area contributed by atoms with Crippen molar-refractivity contribution in [3.05, 3.63) is 97.2 Å². The monoisotopic (exact) mass is 888 g/mol. The van der Waals surface area contributed by atoms with E-state index in [0.717, 1.165) is 77.0 Å². The summed E-state index contributed by atoms with van der Waals surface area (Å²) in [5, 5.41) is 21.8. The number of carbonyl (C=O) groups is 3. The first-order chi connectivity index (χ1) is 30.1. The molecule has 0 aromatic carbocycles. The van der Waals surface area contributed by atoms with Crippen molar-refractivity contribution in [2.75, 3.05) is 19.8 Å². The summed E-state index contributed by atoms with van der Waals surface area (Å²) in [7, 11) is -4.79. The minimum atomic E-state index is -4.79. The maximum atomic E-state index is 12.3. The Labute approximate surface area is 374 Å². The fourth-order valence-corrected chi connectivity index (χ4v) is 6.47. The number of esters is 1. The van der Waals surface area contributed by atoms with E-state index >= 15 is 0 Å². The summed E-state index contributed by atoms with van der Waals surface area (Å²) in [4.78, 5) is 46.0. The van der Waals surface area contributed by atoms with E-state index in [4.69, 9.17) is 13.8 Å². The van der Waals surface area contributed by atoms with Crippen LogP contribution in [0.2, 0.25) is 0 Å². The third kappa shape index (κ3) is 43.1. The van der Waals surface area contributed by atoms with Crippen molar-refractivity contribution < 1.29 is 47.8 Å². The molecule has 0 heterocycles. The largest absolute Gasteiger partial charge is 0.480 e. The summed E-state index contributed by atoms with van der Waals surface area (Å²) in [5.74, 6) is -2.48. The number of allylic oxidation sites excluding steroid dienone is 16. The molecule has 62 heavy (non-hydrogen) atoms. The molecule has 1 amide bonds. The third-order valence-electron chi connectivity index (χ3n) is 9.35. The first kappa shape index (κ1) is 58.4. The van der Waals surface area contributed by atoms with Crippen LogP contribution in [0.25, 0.3) is 0 Å². The van der Waals surface area contributed by atoms with Gasteiger partial charge < -0.3 is 25.2 Å². The predicted octanol–water partition coefficient (Wildman–Crippen LogP) is 12.4. The Bertz CT molecular complexity index is 1410. The Balaban J connectivity index is 4.00. The Morgan fingerprint density at radius 2 is 0.903 bits per heavy atom. The lowest BCUT2D eigenvalue weighted by Crippen LogP contribution is -2.43. The summed E-state index contributed by atoms with van der Waals surface area (Å²) in [6.45, 7) is 2.46. The van der Waals surface area contributed by atoms with Gasteiger partial charge in [0.2, 0.25) is 5.91 Å². The van der Waals surface area contributed by atoms with Gasteiger partial charge >= 0.3 is 19.8 Å². The molecule has 3 unspecified atom stereocenters. The number of aliphatic hydroxyl groups excluding tert-OH is 1. The number of hydrogen-bond acceptors (Lipinski definition) is 8. The summed E-state index contributed by atoms with van der Waals surface area (Å²) < 4.78 is 26.8. The van der Waals surface area contributed by atoms with Crippen molar-refractivity contribution in [3.8, 4) is 0 Å². The van der Waals surface area contributed by atoms with Crippen LogP contribution in [-0.2, 0) is 32.7 Å². The van der Waals surface area contributed by atoms with Gasteiger partial charge in [0.25, 0.3) is 0 Å². The molecule has 4 N–H and O–H groups in total. The van der Waals surface area contributed by atoms with Gasteiger partial charge in [0.1, 0.15) is 12.7 Å². The Kier molecular flexibility index (Phi) is 41.5. The fraction of sp³-hybridized carbons (Fsp3) is 0.620. The molecule has 3 atom stereocenters. The van der Waals surface area contributed by atoms with Crippen molar-refractivity contribution in [3.63, 3.8) is 0 Å². The average molecular weight is 888 g/mol. The van der Waals surface area contributed by atoms with Gasteiger partial charge in [-0.1, -0.05) is 156 Å². The van der Waals surface area contributed by atoms with Crippen LogP contribution in [-0.4, -0.2) is 64.9 Å². The van der Waals surface area contributed by atoms with Crippen LogP contribution in [0.15, 0.2) is 97.2 Å². The lowest BCUT2D eigenvalue weighted by atomic mass is 10.1. The van der Waals surface area contributed by atoms with E-state index in [1.165, 1.54) is 44.9 Å². The zero-order valence-corrected chi connectivity index (χ0v) is 39.0. The first-order valence-corrected chi connectivity index (χ1v) is 24.8. The minimum absolute atomic E-state index is 0.0628. The Morgan fingerprint density at radius 1 is 0.516 bits per heavy atom. The van der Waals surface area contributed by atoms with Crippen LogP contribution in [0.4, 0.5) is 0 Å². The number of unbranched alkanes of at least 4 members (excludes halogenated alkanes) is 12. The number of carbonyl (C=O) groups excluding carboxylic acids is 2. The molecule has 0 saturated carbocycles. The van der Waals surface area contributed by atoms with E-state index in [2.05, 4.69) is 104 Å². The highest BCUT2D eigenvalue weighted by atomic mass is 31.2. The number of aliphatic carboxylic acids is 1. The van der Waals surface area contributed by atoms with E-state index in [1.807, 2.05) is 12.2 Å². The van der Waals surface area contributed by atoms with Gasteiger partial charge in [0.05, 0.1) is 13.2 Å². The molecule has 352 valence electrons. The standard InChI is InChI=1S/C50H82NO10P/c1-3-5-7-9-11-13-15-17-19-21-22-23-24-26-28-30-32-34-36-38-40-42-49(54)59-43-46(52)44-60-62(57,58)61-45-47(50(55)56)51-48(53)41-39-37-35-33-31-29-27-25-20-18-16-14-12-10-8-6-4-2/h11-14,17-20,22-23,26-29,33,35,46-47,52H,3-10,15-16,21,24-25,30-32,34,36-45H2,1-2H3,(H,51,53)(H,55,56)(H,57,58)/b13-11-,14-12-,19-17-,20-18-,23-22-,28-26-,29-27-,35-33-. The normalized spacial score (nSPS) is 14.5. The van der Waals surface area contributed by atoms with Crippen molar-refractivity contribution in [2.24, 2.45) is 0 Å². The van der Waals surface area contributed by atoms with Gasteiger partial charge in [-0.25, -0.2) is 9.36 Å². The SMILES string of the molecule is CCCCC/C=C\C/C=C\C/C=C\C/C=C\CCCCCCCC(=O)OCC(O)COP(=O)(O)OCC(NC(=O)CCC/C=C\C/C=C\C/C=C\C/C=C\CCCCC)C(=O)O. The number of rotatable bonds is 42. The Hall–Kier alpha value is -3.60. The van der Waals surface area contributed by atoms with Gasteiger partial charge in [-0.15, -0.1) is 0 Å². The van der Waals surface area contributed by atoms with E-state index in [-0.39, 0.29) is 12.8 Å². The number of phosphoric ester groups is 1. The van der Waals surface area contributed by atoms with Crippen molar-refractivity contribution >= 4 is 25.7 Å². The maximum Gasteiger partial charge on any atom is 0.472 e. The molecule has 0 spiro atoms. The quantitative estimate of drug-likeness (QED) is 0.0200. The van der Waals surface area contributed by atoms with Gasteiger partial charge in [-0.05, 0) is 96.3 Å². The molecular formula is C50H82NO10P. The van der Waals surface area contributed by atoms with E-state index in [1.54, 1.807) is 0 Å². The van der Waals surface area contributed by atoms with Gasteiger partial charge in [0, 0.05) is 12.8 Å². The molecule has 11 nitrogen and oxygen atoms in total. The molecule has 0 bridgehead atoms. The van der Waals surface area contributed by atoms with Crippen LogP contribution in [0, 0.1) is 0 Å². The molecule has 0 aliphatic rings. The van der Waals surface area contributed by atoms with Crippen molar-refractivity contribution in [1.29, 1.82) is 0 Å². The van der Waals surface area contributed by atoms with Crippen molar-refractivity contribution in [2.45, 2.75) is 180 Å². The highest BCUT2D eigenvalue weighted by Crippen LogP contribution is 2.43. The van der Waals surface area contributed by atoms with Gasteiger partial charge in [0.15, 0.2) is 6.04 Å². The lowest BCUT2D eigenvalue weighted by molar-refractivity contribution is -0.147. The van der Waals surface area contributed by atoms with E-state index in [9.17, 15) is 34.1 Å². The molecule has 12 heteroatoms. The number of aliphatic hydroxyl groups is 1. The molecule has 0 rings (SSSR count). The second-order valence-corrected chi connectivity index (χ2v) is 16.7. The number of amides is 1. The second-order valence-electron chi connectivity index (χ2n) is 15.2. The van der Waals surface area contributed by atoms with Crippen molar-refractivity contribution in [1.82, 2.24) is 5.32 Å². The summed E-state index contributed by atoms with van der Waals surface area (Å²) in [5.41, 5.74) is 0. The number of carboxylic acids is 1. The number of nitrogens with one attached hydrogen (secondary N) is 1. The Morgan fingerprint density at radius 3 is 1.35 bits per heavy atom. The fourth-order valence-electron chi connectivity index (χ4n) is 5.70. The zero-order chi connectivity index (χ0) is 45.6. The topological polar surface area (TPSA) is 169 Å². The van der Waals surface area contributed by atoms with Crippen LogP contribution in [0.1, 0.15) is 168 Å². The van der Waals surface area contributed by atoms with Gasteiger partial charge in [-0.2, -0.15) is 0 Å². The highest BCUT2D eigenvalue weighted by Gasteiger charge is 2.28. The van der Waals surface area contributed by atoms with E-state index < -0.39 is 57.6 Å². The number of ether oxygens (including phenoxy) is 1. The molecule has 0 aromatic heterocycles. The maximum absolute atomic E-state index is 12.3. The van der Waals surface area contributed by atoms with Crippen LogP contribution in [0.5, 0.6) is 0 Å². The molecule has 0 aromatic rings. The predicted molar refractivity (Wildman–Crippen MR) is 254 cm³/mol. The molecular weight excluding hydrogens is 806 g/mol. The van der Waals surface area contributed by atoms with Gasteiger partial charge in [-0.3, -0.25) is 18.6 Å². The second kappa shape index (κ2) is 44.0. The highest BCUT2D eigenvalue weighted by molar-refractivity contribution is 7.47. The third-order valence-corrected chi connectivity index (χ3v) is 10.3. The smallest absolute Gasteiger partial charge is 0.472 e. The lowest BCUT2D eigenvalue weighted by Gasteiger charge is -2.18.